The summed E-state index contributed by atoms with van der Waals surface area (Å²) in [4.78, 5) is 12.1. The monoisotopic (exact) mass is 218 g/mol. The summed E-state index contributed by atoms with van der Waals surface area (Å²) >= 11 is 0. The van der Waals surface area contributed by atoms with Gasteiger partial charge in [0.05, 0.1) is 0 Å². The maximum atomic E-state index is 12.1. The average molecular weight is 218 g/mol. The van der Waals surface area contributed by atoms with Crippen LogP contribution in [0.1, 0.15) is 47.0 Å². The van der Waals surface area contributed by atoms with Crippen molar-refractivity contribution in [2.24, 2.45) is 28.6 Å². The lowest BCUT2D eigenvalue weighted by Gasteiger charge is -2.45. The largest absolute Gasteiger partial charge is 0.295 e. The molecule has 0 N–H and O–H groups in total. The number of allylic oxidation sites excluding steroid dienone is 2. The van der Waals surface area contributed by atoms with E-state index in [1.54, 1.807) is 0 Å². The molecule has 0 unspecified atom stereocenters. The lowest BCUT2D eigenvalue weighted by Crippen LogP contribution is -2.38. The number of carbonyl (C=O) groups excluding carboxylic acids is 1. The van der Waals surface area contributed by atoms with E-state index in [2.05, 4.69) is 27.7 Å². The molecule has 0 radical (unpaired) electrons. The van der Waals surface area contributed by atoms with Crippen LogP contribution in [0, 0.1) is 28.6 Å². The van der Waals surface area contributed by atoms with Crippen LogP contribution in [0.25, 0.3) is 0 Å². The first-order valence-electron chi connectivity index (χ1n) is 6.65. The molecule has 3 aliphatic carbocycles. The predicted octanol–water partition coefficient (Wildman–Crippen LogP) is 3.59. The third-order valence-electron chi connectivity index (χ3n) is 5.90. The highest BCUT2D eigenvalue weighted by molar-refractivity contribution is 5.97. The number of hydrogen-bond donors (Lipinski definition) is 0. The van der Waals surface area contributed by atoms with Crippen LogP contribution in [0.4, 0.5) is 0 Å². The van der Waals surface area contributed by atoms with Crippen molar-refractivity contribution >= 4 is 5.78 Å². The highest BCUT2D eigenvalue weighted by atomic mass is 16.1. The molecule has 2 fully saturated rings. The average Bonchev–Trinajstić information content (AvgIpc) is 2.77. The molecule has 3 rings (SSSR count). The van der Waals surface area contributed by atoms with Crippen LogP contribution in [0.15, 0.2) is 11.6 Å². The van der Waals surface area contributed by atoms with Crippen molar-refractivity contribution in [1.82, 2.24) is 0 Å². The van der Waals surface area contributed by atoms with Crippen molar-refractivity contribution in [3.05, 3.63) is 11.6 Å². The maximum absolute atomic E-state index is 12.1. The Labute approximate surface area is 98.3 Å². The standard InChI is InChI=1S/C15H22O/c1-9-6-5-7-10-8-11(16)12-13(14(12,2)3)15(9,10)4/h8-9,12-13H,5-7H2,1-4H3/t9-,12+,13-,15+/m0/s1. The summed E-state index contributed by atoms with van der Waals surface area (Å²) < 4.78 is 0. The van der Waals surface area contributed by atoms with Gasteiger partial charge in [-0.1, -0.05) is 33.3 Å². The van der Waals surface area contributed by atoms with E-state index >= 15 is 0 Å². The van der Waals surface area contributed by atoms with E-state index in [0.717, 1.165) is 12.3 Å². The first-order valence-corrected chi connectivity index (χ1v) is 6.65. The second-order valence-corrected chi connectivity index (χ2v) is 6.92. The molecule has 0 aromatic heterocycles. The SMILES string of the molecule is C[C@H]1CCCC2=CC(=O)[C@@H]3[C@@H](C3(C)C)[C@@]21C. The minimum Gasteiger partial charge on any atom is -0.295 e. The van der Waals surface area contributed by atoms with Gasteiger partial charge in [-0.25, -0.2) is 0 Å². The zero-order chi connectivity index (χ0) is 11.7. The van der Waals surface area contributed by atoms with Gasteiger partial charge >= 0.3 is 0 Å². The first-order chi connectivity index (χ1) is 7.40. The van der Waals surface area contributed by atoms with Gasteiger partial charge in [0.2, 0.25) is 0 Å². The van der Waals surface area contributed by atoms with Crippen molar-refractivity contribution in [2.75, 3.05) is 0 Å². The third-order valence-corrected chi connectivity index (χ3v) is 5.90. The number of ketones is 1. The van der Waals surface area contributed by atoms with Crippen LogP contribution < -0.4 is 0 Å². The van der Waals surface area contributed by atoms with E-state index in [1.165, 1.54) is 18.4 Å². The van der Waals surface area contributed by atoms with Gasteiger partial charge in [-0.3, -0.25) is 4.79 Å². The van der Waals surface area contributed by atoms with E-state index in [0.29, 0.717) is 23.0 Å². The van der Waals surface area contributed by atoms with Gasteiger partial charge in [-0.2, -0.15) is 0 Å². The second-order valence-electron chi connectivity index (χ2n) is 6.92. The molecule has 0 bridgehead atoms. The highest BCUT2D eigenvalue weighted by Gasteiger charge is 2.71. The Kier molecular flexibility index (Phi) is 1.85. The first kappa shape index (κ1) is 10.6. The molecule has 0 heterocycles. The van der Waals surface area contributed by atoms with E-state index in [1.807, 2.05) is 6.08 Å². The lowest BCUT2D eigenvalue weighted by molar-refractivity contribution is -0.117. The van der Waals surface area contributed by atoms with Gasteiger partial charge in [0, 0.05) is 5.92 Å². The Morgan fingerprint density at radius 2 is 2.00 bits per heavy atom. The minimum absolute atomic E-state index is 0.246. The molecule has 2 saturated carbocycles. The third kappa shape index (κ3) is 1.00. The minimum atomic E-state index is 0.246. The van der Waals surface area contributed by atoms with Crippen molar-refractivity contribution in [3.8, 4) is 0 Å². The quantitative estimate of drug-likeness (QED) is 0.607. The van der Waals surface area contributed by atoms with Gasteiger partial charge in [-0.15, -0.1) is 0 Å². The zero-order valence-corrected chi connectivity index (χ0v) is 10.8. The van der Waals surface area contributed by atoms with Crippen LogP contribution in [0.2, 0.25) is 0 Å². The molecule has 3 aliphatic rings. The van der Waals surface area contributed by atoms with Crippen LogP contribution in [0.5, 0.6) is 0 Å². The molecule has 0 aromatic rings. The Morgan fingerprint density at radius 3 is 2.69 bits per heavy atom. The Bertz CT molecular complexity index is 390. The molecular formula is C15H22O. The summed E-state index contributed by atoms with van der Waals surface area (Å²) in [5.41, 5.74) is 2.03. The Hall–Kier alpha value is -0.590. The molecule has 1 heteroatoms. The number of carbonyl (C=O) groups is 1. The highest BCUT2D eigenvalue weighted by Crippen LogP contribution is 2.73. The fourth-order valence-corrected chi connectivity index (χ4v) is 4.77. The van der Waals surface area contributed by atoms with Gasteiger partial charge in [0.15, 0.2) is 5.78 Å². The summed E-state index contributed by atoms with van der Waals surface area (Å²) in [5, 5.41) is 0. The fraction of sp³-hybridized carbons (Fsp3) is 0.800. The molecule has 88 valence electrons. The van der Waals surface area contributed by atoms with Crippen molar-refractivity contribution in [3.63, 3.8) is 0 Å². The molecule has 0 amide bonds. The molecule has 0 aliphatic heterocycles. The van der Waals surface area contributed by atoms with Gasteiger partial charge < -0.3 is 0 Å². The van der Waals surface area contributed by atoms with Crippen molar-refractivity contribution < 1.29 is 4.79 Å². The molecule has 4 atom stereocenters. The predicted molar refractivity (Wildman–Crippen MR) is 65.0 cm³/mol. The summed E-state index contributed by atoms with van der Waals surface area (Å²) in [5.74, 6) is 2.09. The molecule has 1 nitrogen and oxygen atoms in total. The summed E-state index contributed by atoms with van der Waals surface area (Å²) in [6.07, 6.45) is 5.77. The zero-order valence-electron chi connectivity index (χ0n) is 10.8. The molecule has 16 heavy (non-hydrogen) atoms. The summed E-state index contributed by atoms with van der Waals surface area (Å²) in [6, 6.07) is 0. The second kappa shape index (κ2) is 2.80. The van der Waals surface area contributed by atoms with Gasteiger partial charge in [-0.05, 0) is 48.0 Å². The van der Waals surface area contributed by atoms with Crippen LogP contribution in [0.3, 0.4) is 0 Å². The van der Waals surface area contributed by atoms with Crippen LogP contribution >= 0.6 is 0 Å². The number of rotatable bonds is 0. The normalized spacial score (nSPS) is 49.1. The number of fused-ring (bicyclic) bond motifs is 3. The smallest absolute Gasteiger partial charge is 0.159 e. The molecule has 0 spiro atoms. The lowest BCUT2D eigenvalue weighted by atomic mass is 9.59. The van der Waals surface area contributed by atoms with Gasteiger partial charge in [0.1, 0.15) is 0 Å². The maximum Gasteiger partial charge on any atom is 0.159 e. The fourth-order valence-electron chi connectivity index (χ4n) is 4.77. The molecule has 0 aromatic carbocycles. The topological polar surface area (TPSA) is 17.1 Å². The van der Waals surface area contributed by atoms with E-state index in [-0.39, 0.29) is 5.41 Å². The van der Waals surface area contributed by atoms with E-state index in [9.17, 15) is 4.79 Å². The molecular weight excluding hydrogens is 196 g/mol. The van der Waals surface area contributed by atoms with E-state index < -0.39 is 0 Å². The van der Waals surface area contributed by atoms with Gasteiger partial charge in [0.25, 0.3) is 0 Å². The van der Waals surface area contributed by atoms with Crippen LogP contribution in [-0.2, 0) is 4.79 Å². The van der Waals surface area contributed by atoms with Crippen LogP contribution in [-0.4, -0.2) is 5.78 Å². The Balaban J connectivity index is 2.10. The van der Waals surface area contributed by atoms with Crippen molar-refractivity contribution in [2.45, 2.75) is 47.0 Å². The summed E-state index contributed by atoms with van der Waals surface area (Å²) in [7, 11) is 0. The van der Waals surface area contributed by atoms with E-state index in [4.69, 9.17) is 0 Å². The molecule has 0 saturated heterocycles. The van der Waals surface area contributed by atoms with Crippen molar-refractivity contribution in [1.29, 1.82) is 0 Å². The summed E-state index contributed by atoms with van der Waals surface area (Å²) in [6.45, 7) is 9.36. The Morgan fingerprint density at radius 1 is 1.31 bits per heavy atom. The number of hydrogen-bond acceptors (Lipinski definition) is 1.